The van der Waals surface area contributed by atoms with E-state index in [1.807, 2.05) is 37.3 Å². The van der Waals surface area contributed by atoms with Gasteiger partial charge in [0, 0.05) is 31.4 Å². The molecule has 0 spiro atoms. The topological polar surface area (TPSA) is 64.7 Å². The second kappa shape index (κ2) is 10.9. The number of likely N-dealkylation sites (N-methyl/N-ethyl adjacent to an activating group) is 1. The number of aryl methyl sites for hydroxylation is 1. The molecule has 1 heterocycles. The van der Waals surface area contributed by atoms with Crippen molar-refractivity contribution in [2.45, 2.75) is 32.4 Å². The molecule has 0 bridgehead atoms. The highest BCUT2D eigenvalue weighted by molar-refractivity contribution is 5.92. The first-order chi connectivity index (χ1) is 14.5. The minimum atomic E-state index is -0.122. The number of nitrogens with one attached hydrogen (secondary N) is 2. The molecule has 1 saturated heterocycles. The molecular weight excluding hydrogens is 376 g/mol. The van der Waals surface area contributed by atoms with Crippen molar-refractivity contribution in [2.24, 2.45) is 0 Å². The van der Waals surface area contributed by atoms with Crippen molar-refractivity contribution < 1.29 is 9.59 Å². The zero-order valence-corrected chi connectivity index (χ0v) is 17.9. The third kappa shape index (κ3) is 7.28. The Bertz CT molecular complexity index is 815. The van der Waals surface area contributed by atoms with Gasteiger partial charge < -0.3 is 10.6 Å². The summed E-state index contributed by atoms with van der Waals surface area (Å²) in [4.78, 5) is 28.7. The van der Waals surface area contributed by atoms with Crippen molar-refractivity contribution in [2.75, 3.05) is 38.5 Å². The molecule has 0 aliphatic carbocycles. The normalized spacial score (nSPS) is 15.2. The highest BCUT2D eigenvalue weighted by Gasteiger charge is 2.21. The second-order valence-corrected chi connectivity index (χ2v) is 8.19. The molecule has 6 heteroatoms. The number of benzene rings is 2. The number of hydrogen-bond donors (Lipinski definition) is 2. The number of carbonyl (C=O) groups is 2. The lowest BCUT2D eigenvalue weighted by Gasteiger charge is -2.32. The third-order valence-electron chi connectivity index (χ3n) is 5.36. The fourth-order valence-electron chi connectivity index (χ4n) is 3.73. The number of rotatable bonds is 8. The van der Waals surface area contributed by atoms with Crippen LogP contribution in [0.25, 0.3) is 0 Å². The fraction of sp³-hybridized carbons (Fsp3) is 0.417. The molecule has 0 radical (unpaired) electrons. The van der Waals surface area contributed by atoms with Gasteiger partial charge in [0.25, 0.3) is 0 Å². The lowest BCUT2D eigenvalue weighted by atomic mass is 10.0. The largest absolute Gasteiger partial charge is 0.352 e. The van der Waals surface area contributed by atoms with Gasteiger partial charge in [0.15, 0.2) is 0 Å². The molecule has 0 atom stereocenters. The van der Waals surface area contributed by atoms with Gasteiger partial charge in [-0.2, -0.15) is 0 Å². The van der Waals surface area contributed by atoms with E-state index in [0.29, 0.717) is 0 Å². The van der Waals surface area contributed by atoms with Crippen LogP contribution in [0.15, 0.2) is 54.6 Å². The van der Waals surface area contributed by atoms with Crippen LogP contribution < -0.4 is 10.6 Å². The predicted octanol–water partition coefficient (Wildman–Crippen LogP) is 2.65. The summed E-state index contributed by atoms with van der Waals surface area (Å²) < 4.78 is 0. The van der Waals surface area contributed by atoms with Gasteiger partial charge in [0.05, 0.1) is 13.1 Å². The Balaban J connectivity index is 1.34. The van der Waals surface area contributed by atoms with Gasteiger partial charge >= 0.3 is 0 Å². The number of amides is 2. The van der Waals surface area contributed by atoms with E-state index in [0.717, 1.165) is 43.7 Å². The van der Waals surface area contributed by atoms with Crippen LogP contribution in [0, 0.1) is 6.92 Å². The smallest absolute Gasteiger partial charge is 0.238 e. The summed E-state index contributed by atoms with van der Waals surface area (Å²) >= 11 is 0. The predicted molar refractivity (Wildman–Crippen MR) is 120 cm³/mol. The summed E-state index contributed by atoms with van der Waals surface area (Å²) in [6, 6.07) is 18.4. The van der Waals surface area contributed by atoms with Crippen molar-refractivity contribution in [3.8, 4) is 0 Å². The van der Waals surface area contributed by atoms with Crippen molar-refractivity contribution in [1.29, 1.82) is 0 Å². The molecule has 30 heavy (non-hydrogen) atoms. The van der Waals surface area contributed by atoms with Gasteiger partial charge in [-0.3, -0.25) is 19.4 Å². The van der Waals surface area contributed by atoms with E-state index >= 15 is 0 Å². The van der Waals surface area contributed by atoms with Crippen LogP contribution in [0.5, 0.6) is 0 Å². The van der Waals surface area contributed by atoms with Gasteiger partial charge in [-0.25, -0.2) is 0 Å². The highest BCUT2D eigenvalue weighted by atomic mass is 16.2. The lowest BCUT2D eigenvalue weighted by Crippen LogP contribution is -2.47. The van der Waals surface area contributed by atoms with Crippen LogP contribution in [-0.4, -0.2) is 60.9 Å². The molecule has 2 aromatic rings. The molecule has 0 aromatic heterocycles. The first-order valence-electron chi connectivity index (χ1n) is 10.6. The number of nitrogens with zero attached hydrogens (tertiary/aromatic N) is 2. The Hall–Kier alpha value is -2.70. The Morgan fingerprint density at radius 3 is 2.27 bits per heavy atom. The van der Waals surface area contributed by atoms with Crippen LogP contribution in [-0.2, 0) is 16.1 Å². The standard InChI is InChI=1S/C24H32N4O2/c1-19-8-10-21(11-9-19)25-23(29)17-27(2)18-24(30)26-22-12-14-28(15-13-22)16-20-6-4-3-5-7-20/h3-11,22H,12-18H2,1-2H3,(H,25,29)(H,26,30). The maximum absolute atomic E-state index is 12.4. The summed E-state index contributed by atoms with van der Waals surface area (Å²) in [7, 11) is 1.79. The zero-order chi connectivity index (χ0) is 21.3. The van der Waals surface area contributed by atoms with Crippen LogP contribution in [0.2, 0.25) is 0 Å². The molecule has 0 saturated carbocycles. The van der Waals surface area contributed by atoms with E-state index < -0.39 is 0 Å². The molecular formula is C24H32N4O2. The first kappa shape index (κ1) is 22.0. The van der Waals surface area contributed by atoms with E-state index in [2.05, 4.69) is 39.8 Å². The number of piperidine rings is 1. The zero-order valence-electron chi connectivity index (χ0n) is 17.9. The first-order valence-corrected chi connectivity index (χ1v) is 10.6. The molecule has 2 N–H and O–H groups in total. The Labute approximate surface area is 179 Å². The summed E-state index contributed by atoms with van der Waals surface area (Å²) in [5, 5.41) is 5.99. The molecule has 3 rings (SSSR count). The van der Waals surface area contributed by atoms with E-state index in [-0.39, 0.29) is 30.9 Å². The maximum atomic E-state index is 12.4. The van der Waals surface area contributed by atoms with E-state index in [1.165, 1.54) is 5.56 Å². The molecule has 160 valence electrons. The number of carbonyl (C=O) groups excluding carboxylic acids is 2. The molecule has 6 nitrogen and oxygen atoms in total. The summed E-state index contributed by atoms with van der Waals surface area (Å²) in [6.07, 6.45) is 1.91. The molecule has 1 aliphatic heterocycles. The highest BCUT2D eigenvalue weighted by Crippen LogP contribution is 2.14. The van der Waals surface area contributed by atoms with Crippen molar-refractivity contribution in [3.05, 3.63) is 65.7 Å². The van der Waals surface area contributed by atoms with Crippen molar-refractivity contribution >= 4 is 17.5 Å². The average Bonchev–Trinajstić information content (AvgIpc) is 2.71. The van der Waals surface area contributed by atoms with Crippen LogP contribution in [0.3, 0.4) is 0 Å². The average molecular weight is 409 g/mol. The third-order valence-corrected chi connectivity index (χ3v) is 5.36. The van der Waals surface area contributed by atoms with E-state index in [9.17, 15) is 9.59 Å². The number of anilines is 1. The van der Waals surface area contributed by atoms with Crippen LogP contribution >= 0.6 is 0 Å². The Kier molecular flexibility index (Phi) is 7.99. The monoisotopic (exact) mass is 408 g/mol. The quantitative estimate of drug-likeness (QED) is 0.705. The second-order valence-electron chi connectivity index (χ2n) is 8.19. The van der Waals surface area contributed by atoms with Crippen molar-refractivity contribution in [3.63, 3.8) is 0 Å². The van der Waals surface area contributed by atoms with E-state index in [1.54, 1.807) is 11.9 Å². The maximum Gasteiger partial charge on any atom is 0.238 e. The summed E-state index contributed by atoms with van der Waals surface area (Å²) in [5.74, 6) is -0.148. The van der Waals surface area contributed by atoms with E-state index in [4.69, 9.17) is 0 Å². The minimum Gasteiger partial charge on any atom is -0.352 e. The SMILES string of the molecule is Cc1ccc(NC(=O)CN(C)CC(=O)NC2CCN(Cc3ccccc3)CC2)cc1. The van der Waals surface area contributed by atoms with Crippen molar-refractivity contribution in [1.82, 2.24) is 15.1 Å². The number of hydrogen-bond acceptors (Lipinski definition) is 4. The van der Waals surface area contributed by atoms with Crippen LogP contribution in [0.1, 0.15) is 24.0 Å². The van der Waals surface area contributed by atoms with Gasteiger partial charge in [0.2, 0.25) is 11.8 Å². The molecule has 2 amide bonds. The molecule has 1 fully saturated rings. The van der Waals surface area contributed by atoms with Crippen LogP contribution in [0.4, 0.5) is 5.69 Å². The van der Waals surface area contributed by atoms with Gasteiger partial charge in [-0.05, 0) is 44.5 Å². The number of likely N-dealkylation sites (tertiary alicyclic amines) is 1. The van der Waals surface area contributed by atoms with Gasteiger partial charge in [-0.1, -0.05) is 48.0 Å². The lowest BCUT2D eigenvalue weighted by molar-refractivity contribution is -0.123. The Morgan fingerprint density at radius 2 is 1.60 bits per heavy atom. The Morgan fingerprint density at radius 1 is 0.967 bits per heavy atom. The molecule has 0 unspecified atom stereocenters. The van der Waals surface area contributed by atoms with Gasteiger partial charge in [0.1, 0.15) is 0 Å². The fourth-order valence-corrected chi connectivity index (χ4v) is 3.73. The molecule has 2 aromatic carbocycles. The minimum absolute atomic E-state index is 0.0258. The summed E-state index contributed by atoms with van der Waals surface area (Å²) in [5.41, 5.74) is 3.24. The summed E-state index contributed by atoms with van der Waals surface area (Å²) in [6.45, 7) is 5.32. The van der Waals surface area contributed by atoms with Gasteiger partial charge in [-0.15, -0.1) is 0 Å². The molecule has 1 aliphatic rings.